The summed E-state index contributed by atoms with van der Waals surface area (Å²) in [6.45, 7) is -1.02. The highest BCUT2D eigenvalue weighted by Crippen LogP contribution is 2.31. The Labute approximate surface area is 113 Å². The van der Waals surface area contributed by atoms with E-state index in [0.717, 1.165) is 0 Å². The van der Waals surface area contributed by atoms with Crippen molar-refractivity contribution < 1.29 is 27.8 Å². The molecular weight excluding hydrogens is 277 g/mol. The van der Waals surface area contributed by atoms with Gasteiger partial charge in [0.05, 0.1) is 19.4 Å². The Morgan fingerprint density at radius 2 is 2.05 bits per heavy atom. The van der Waals surface area contributed by atoms with Crippen LogP contribution in [0, 0.1) is 0 Å². The number of rotatable bonds is 5. The van der Waals surface area contributed by atoms with E-state index in [0.29, 0.717) is 4.90 Å². The Balaban J connectivity index is 3.19. The number of nitrogens with two attached hydrogens (primary N) is 1. The Hall–Kier alpha value is -1.80. The van der Waals surface area contributed by atoms with Crippen molar-refractivity contribution in [3.8, 4) is 5.75 Å². The number of anilines is 1. The molecule has 0 aliphatic heterocycles. The van der Waals surface area contributed by atoms with Crippen LogP contribution in [0.15, 0.2) is 24.3 Å². The van der Waals surface area contributed by atoms with Crippen LogP contribution >= 0.6 is 0 Å². The lowest BCUT2D eigenvalue weighted by Gasteiger charge is -2.27. The summed E-state index contributed by atoms with van der Waals surface area (Å²) in [5.74, 6) is -1.96. The van der Waals surface area contributed by atoms with Gasteiger partial charge in [0.25, 0.3) is 0 Å². The zero-order valence-electron chi connectivity index (χ0n) is 10.7. The van der Waals surface area contributed by atoms with Crippen molar-refractivity contribution >= 4 is 11.6 Å². The standard InChI is InChI=1S/C12H15F3N2O3/c1-20-10-5-3-2-4-9(10)17(6-8(16)7-18)11(19)12(13,14)15/h2-5,8,18H,6-7,16H2,1H3. The van der Waals surface area contributed by atoms with E-state index >= 15 is 0 Å². The quantitative estimate of drug-likeness (QED) is 0.846. The molecule has 5 nitrogen and oxygen atoms in total. The number of para-hydroxylation sites is 2. The molecule has 0 aliphatic rings. The highest BCUT2D eigenvalue weighted by molar-refractivity contribution is 5.98. The van der Waals surface area contributed by atoms with Crippen LogP contribution in [0.25, 0.3) is 0 Å². The molecule has 0 fully saturated rings. The van der Waals surface area contributed by atoms with Crippen LogP contribution in [0.1, 0.15) is 0 Å². The van der Waals surface area contributed by atoms with Gasteiger partial charge in [0, 0.05) is 12.6 Å². The van der Waals surface area contributed by atoms with Gasteiger partial charge in [0.2, 0.25) is 0 Å². The minimum Gasteiger partial charge on any atom is -0.495 e. The van der Waals surface area contributed by atoms with E-state index in [-0.39, 0.29) is 11.4 Å². The third kappa shape index (κ3) is 3.84. The van der Waals surface area contributed by atoms with E-state index in [1.54, 1.807) is 6.07 Å². The first kappa shape index (κ1) is 16.3. The van der Waals surface area contributed by atoms with Crippen molar-refractivity contribution in [1.82, 2.24) is 0 Å². The molecule has 1 amide bonds. The molecule has 0 saturated heterocycles. The van der Waals surface area contributed by atoms with Gasteiger partial charge >= 0.3 is 12.1 Å². The first-order chi connectivity index (χ1) is 9.31. The lowest BCUT2D eigenvalue weighted by atomic mass is 10.2. The van der Waals surface area contributed by atoms with Gasteiger partial charge in [-0.15, -0.1) is 0 Å². The van der Waals surface area contributed by atoms with E-state index in [1.807, 2.05) is 0 Å². The summed E-state index contributed by atoms with van der Waals surface area (Å²) in [6, 6.07) is 4.78. The molecule has 0 bridgehead atoms. The molecule has 0 radical (unpaired) electrons. The summed E-state index contributed by atoms with van der Waals surface area (Å²) in [6.07, 6.45) is -5.05. The molecule has 1 unspecified atom stereocenters. The first-order valence-corrected chi connectivity index (χ1v) is 5.69. The Morgan fingerprint density at radius 1 is 1.45 bits per heavy atom. The van der Waals surface area contributed by atoms with Gasteiger partial charge in [-0.25, -0.2) is 0 Å². The number of aliphatic hydroxyl groups is 1. The van der Waals surface area contributed by atoms with Crippen molar-refractivity contribution in [2.45, 2.75) is 12.2 Å². The lowest BCUT2D eigenvalue weighted by Crippen LogP contribution is -2.48. The van der Waals surface area contributed by atoms with E-state index in [1.165, 1.54) is 25.3 Å². The molecule has 0 aliphatic carbocycles. The average molecular weight is 292 g/mol. The second-order valence-electron chi connectivity index (χ2n) is 4.03. The number of aliphatic hydroxyl groups excluding tert-OH is 1. The van der Waals surface area contributed by atoms with Gasteiger partial charge in [-0.2, -0.15) is 13.2 Å². The van der Waals surface area contributed by atoms with Crippen LogP contribution in [0.2, 0.25) is 0 Å². The number of amides is 1. The Bertz CT molecular complexity index is 466. The molecular formula is C12H15F3N2O3. The highest BCUT2D eigenvalue weighted by Gasteiger charge is 2.44. The Morgan fingerprint density at radius 3 is 2.55 bits per heavy atom. The SMILES string of the molecule is COc1ccccc1N(CC(N)CO)C(=O)C(F)(F)F. The van der Waals surface area contributed by atoms with Gasteiger partial charge < -0.3 is 15.6 Å². The fourth-order valence-electron chi connectivity index (χ4n) is 1.59. The highest BCUT2D eigenvalue weighted by atomic mass is 19.4. The number of hydrogen-bond donors (Lipinski definition) is 2. The van der Waals surface area contributed by atoms with E-state index in [4.69, 9.17) is 15.6 Å². The summed E-state index contributed by atoms with van der Waals surface area (Å²) in [5, 5.41) is 8.87. The van der Waals surface area contributed by atoms with Crippen LogP contribution in [0.5, 0.6) is 5.75 Å². The number of benzene rings is 1. The van der Waals surface area contributed by atoms with Crippen LogP contribution in [0.4, 0.5) is 18.9 Å². The fourth-order valence-corrected chi connectivity index (χ4v) is 1.59. The maximum absolute atomic E-state index is 12.6. The van der Waals surface area contributed by atoms with Gasteiger partial charge in [0.15, 0.2) is 0 Å². The third-order valence-electron chi connectivity index (χ3n) is 2.52. The summed E-state index contributed by atoms with van der Waals surface area (Å²) in [4.78, 5) is 12.0. The van der Waals surface area contributed by atoms with Gasteiger partial charge in [-0.05, 0) is 12.1 Å². The van der Waals surface area contributed by atoms with Crippen molar-refractivity contribution in [2.75, 3.05) is 25.2 Å². The third-order valence-corrected chi connectivity index (χ3v) is 2.52. The summed E-state index contributed by atoms with van der Waals surface area (Å²) in [5.41, 5.74) is 5.38. The molecule has 0 saturated carbocycles. The maximum atomic E-state index is 12.6. The van der Waals surface area contributed by atoms with E-state index in [2.05, 4.69) is 0 Å². The Kier molecular flexibility index (Phi) is 5.34. The minimum atomic E-state index is -5.05. The largest absolute Gasteiger partial charge is 0.495 e. The number of alkyl halides is 3. The molecule has 3 N–H and O–H groups in total. The van der Waals surface area contributed by atoms with Gasteiger partial charge in [-0.3, -0.25) is 9.69 Å². The van der Waals surface area contributed by atoms with Crippen molar-refractivity contribution in [3.05, 3.63) is 24.3 Å². The van der Waals surface area contributed by atoms with E-state index in [9.17, 15) is 18.0 Å². The smallest absolute Gasteiger partial charge is 0.471 e. The molecule has 1 atom stereocenters. The molecule has 0 heterocycles. The van der Waals surface area contributed by atoms with Crippen LogP contribution < -0.4 is 15.4 Å². The average Bonchev–Trinajstić information content (AvgIpc) is 2.42. The molecule has 1 aromatic carbocycles. The summed E-state index contributed by atoms with van der Waals surface area (Å²) < 4.78 is 42.9. The van der Waals surface area contributed by atoms with Crippen LogP contribution in [0.3, 0.4) is 0 Å². The molecule has 1 rings (SSSR count). The molecule has 0 aromatic heterocycles. The summed E-state index contributed by atoms with van der Waals surface area (Å²) in [7, 11) is 1.28. The number of carbonyl (C=O) groups excluding carboxylic acids is 1. The predicted octanol–water partition coefficient (Wildman–Crippen LogP) is 0.910. The number of methoxy groups -OCH3 is 1. The lowest BCUT2D eigenvalue weighted by molar-refractivity contribution is -0.170. The summed E-state index contributed by atoms with van der Waals surface area (Å²) >= 11 is 0. The predicted molar refractivity (Wildman–Crippen MR) is 66.5 cm³/mol. The van der Waals surface area contributed by atoms with Gasteiger partial charge in [-0.1, -0.05) is 12.1 Å². The van der Waals surface area contributed by atoms with Crippen molar-refractivity contribution in [1.29, 1.82) is 0 Å². The van der Waals surface area contributed by atoms with Crippen molar-refractivity contribution in [2.24, 2.45) is 5.73 Å². The molecule has 20 heavy (non-hydrogen) atoms. The zero-order chi connectivity index (χ0) is 15.3. The second-order valence-corrected chi connectivity index (χ2v) is 4.03. The maximum Gasteiger partial charge on any atom is 0.471 e. The van der Waals surface area contributed by atoms with Gasteiger partial charge in [0.1, 0.15) is 5.75 Å². The number of nitrogens with zero attached hydrogens (tertiary/aromatic N) is 1. The zero-order valence-corrected chi connectivity index (χ0v) is 10.7. The number of ether oxygens (including phenoxy) is 1. The first-order valence-electron chi connectivity index (χ1n) is 5.69. The number of halogens is 3. The number of carbonyl (C=O) groups is 1. The normalized spacial score (nSPS) is 12.9. The van der Waals surface area contributed by atoms with Crippen LogP contribution in [-0.4, -0.2) is 43.5 Å². The fraction of sp³-hybridized carbons (Fsp3) is 0.417. The minimum absolute atomic E-state index is 0.0544. The molecule has 1 aromatic rings. The van der Waals surface area contributed by atoms with Crippen LogP contribution in [-0.2, 0) is 4.79 Å². The number of hydrogen-bond acceptors (Lipinski definition) is 4. The molecule has 8 heteroatoms. The topological polar surface area (TPSA) is 75.8 Å². The van der Waals surface area contributed by atoms with E-state index < -0.39 is 31.3 Å². The van der Waals surface area contributed by atoms with Crippen molar-refractivity contribution in [3.63, 3.8) is 0 Å². The molecule has 0 spiro atoms. The monoisotopic (exact) mass is 292 g/mol. The molecule has 112 valence electrons. The second kappa shape index (κ2) is 6.58.